The lowest BCUT2D eigenvalue weighted by molar-refractivity contribution is -0.228. The number of aliphatic hydroxyl groups excluding tert-OH is 1. The van der Waals surface area contributed by atoms with E-state index in [0.717, 1.165) is 43.4 Å². The summed E-state index contributed by atoms with van der Waals surface area (Å²) >= 11 is 6.18. The van der Waals surface area contributed by atoms with Crippen molar-refractivity contribution in [1.29, 1.82) is 0 Å². The largest absolute Gasteiger partial charge is 0.474 e. The fourth-order valence-electron chi connectivity index (χ4n) is 12.2. The van der Waals surface area contributed by atoms with Crippen molar-refractivity contribution in [3.63, 3.8) is 0 Å². The Hall–Kier alpha value is -1.33. The zero-order valence-electron chi connectivity index (χ0n) is 27.9. The first-order chi connectivity index (χ1) is 20.2. The van der Waals surface area contributed by atoms with Crippen LogP contribution in [0.25, 0.3) is 0 Å². The number of ether oxygens (including phenoxy) is 1. The maximum absolute atomic E-state index is 11.1. The molecule has 5 aliphatic carbocycles. The number of nitrogens with two attached hydrogens (primary N) is 1. The van der Waals surface area contributed by atoms with Crippen molar-refractivity contribution in [2.45, 2.75) is 125 Å². The van der Waals surface area contributed by atoms with Crippen molar-refractivity contribution < 1.29 is 9.84 Å². The molecule has 9 atom stereocenters. The van der Waals surface area contributed by atoms with Crippen LogP contribution in [0.4, 0.5) is 0 Å². The molecule has 4 unspecified atom stereocenters. The van der Waals surface area contributed by atoms with Gasteiger partial charge in [0.15, 0.2) is 6.23 Å². The average molecular weight is 609 g/mol. The lowest BCUT2D eigenvalue weighted by Crippen LogP contribution is -2.65. The van der Waals surface area contributed by atoms with E-state index in [1.54, 1.807) is 11.1 Å². The van der Waals surface area contributed by atoms with Gasteiger partial charge in [0.25, 0.3) is 0 Å². The average Bonchev–Trinajstić information content (AvgIpc) is 3.36. The molecule has 0 amide bonds. The molecule has 4 fully saturated rings. The topological polar surface area (TPSA) is 67.5 Å². The second-order valence-electron chi connectivity index (χ2n) is 16.8. The Morgan fingerprint density at radius 2 is 1.63 bits per heavy atom. The predicted molar refractivity (Wildman–Crippen MR) is 177 cm³/mol. The molecule has 5 heteroatoms. The molecule has 4 N–H and O–H groups in total. The highest BCUT2D eigenvalue weighted by molar-refractivity contribution is 6.30. The standard InChI is InChI=1S/C38H57ClN2O2/c1-23(2)27-15-20-38(24(3)43-33(41-40)25-9-11-26(39)12-10-25)22-21-36(7)28(32(27)38)13-14-30-35(6)18-17-31(42)34(4,5)29(35)16-19-37(30,36)8/h9-12,23,28-31,33,41-42H,3,13-22,40H2,1-2,4-8H3/t28?,29-,30+,31-,33-,35?,36+,37?,38?/m0/s1. The summed E-state index contributed by atoms with van der Waals surface area (Å²) in [6, 6.07) is 7.73. The number of hydrogen-bond acceptors (Lipinski definition) is 4. The van der Waals surface area contributed by atoms with Gasteiger partial charge in [-0.15, -0.1) is 0 Å². The minimum absolute atomic E-state index is 0.0146. The second-order valence-corrected chi connectivity index (χ2v) is 17.2. The van der Waals surface area contributed by atoms with Crippen LogP contribution >= 0.6 is 11.6 Å². The highest BCUT2D eigenvalue weighted by Crippen LogP contribution is 2.77. The van der Waals surface area contributed by atoms with Crippen LogP contribution in [-0.2, 0) is 4.74 Å². The highest BCUT2D eigenvalue weighted by atomic mass is 35.5. The molecular formula is C38H57ClN2O2. The fraction of sp³-hybridized carbons (Fsp3) is 0.737. The Morgan fingerprint density at radius 3 is 2.28 bits per heavy atom. The molecule has 5 aliphatic rings. The van der Waals surface area contributed by atoms with Crippen LogP contribution in [0.15, 0.2) is 47.7 Å². The Bertz CT molecular complexity index is 1290. The first-order valence-electron chi connectivity index (χ1n) is 17.1. The van der Waals surface area contributed by atoms with Crippen LogP contribution in [0.3, 0.4) is 0 Å². The number of hydrazine groups is 1. The van der Waals surface area contributed by atoms with Gasteiger partial charge in [-0.05, 0) is 122 Å². The maximum atomic E-state index is 11.1. The third kappa shape index (κ3) is 4.39. The molecule has 6 rings (SSSR count). The molecule has 4 saturated carbocycles. The van der Waals surface area contributed by atoms with Crippen LogP contribution in [0, 0.1) is 50.7 Å². The number of benzene rings is 1. The van der Waals surface area contributed by atoms with E-state index in [2.05, 4.69) is 60.5 Å². The maximum Gasteiger partial charge on any atom is 0.188 e. The van der Waals surface area contributed by atoms with Crippen molar-refractivity contribution in [2.75, 3.05) is 0 Å². The summed E-state index contributed by atoms with van der Waals surface area (Å²) in [5, 5.41) is 11.8. The lowest BCUT2D eigenvalue weighted by Gasteiger charge is -2.72. The zero-order chi connectivity index (χ0) is 31.2. The summed E-state index contributed by atoms with van der Waals surface area (Å²) in [5.41, 5.74) is 7.85. The summed E-state index contributed by atoms with van der Waals surface area (Å²) in [7, 11) is 0. The van der Waals surface area contributed by atoms with Crippen LogP contribution in [-0.4, -0.2) is 11.2 Å². The van der Waals surface area contributed by atoms with Gasteiger partial charge in [-0.25, -0.2) is 5.43 Å². The summed E-state index contributed by atoms with van der Waals surface area (Å²) in [6.45, 7) is 22.1. The Labute approximate surface area is 266 Å². The molecule has 0 aromatic heterocycles. The normalized spacial score (nSPS) is 42.5. The van der Waals surface area contributed by atoms with E-state index in [0.29, 0.717) is 28.7 Å². The van der Waals surface area contributed by atoms with Crippen LogP contribution in [0.1, 0.15) is 124 Å². The van der Waals surface area contributed by atoms with Gasteiger partial charge in [-0.2, -0.15) is 0 Å². The minimum atomic E-state index is -0.467. The fourth-order valence-corrected chi connectivity index (χ4v) is 12.3. The van der Waals surface area contributed by atoms with Crippen LogP contribution in [0.5, 0.6) is 0 Å². The van der Waals surface area contributed by atoms with Crippen LogP contribution in [0.2, 0.25) is 5.02 Å². The van der Waals surface area contributed by atoms with Gasteiger partial charge < -0.3 is 9.84 Å². The summed E-state index contributed by atoms with van der Waals surface area (Å²) in [4.78, 5) is 0. The van der Waals surface area contributed by atoms with E-state index in [1.165, 1.54) is 32.1 Å². The van der Waals surface area contributed by atoms with Gasteiger partial charge in [0, 0.05) is 16.0 Å². The number of nitrogens with one attached hydrogen (secondary N) is 1. The van der Waals surface area contributed by atoms with Gasteiger partial charge in [0.1, 0.15) is 5.76 Å². The van der Waals surface area contributed by atoms with Crippen LogP contribution < -0.4 is 11.3 Å². The lowest BCUT2D eigenvalue weighted by atomic mass is 9.33. The van der Waals surface area contributed by atoms with E-state index in [-0.39, 0.29) is 33.2 Å². The van der Waals surface area contributed by atoms with E-state index in [4.69, 9.17) is 22.2 Å². The van der Waals surface area contributed by atoms with E-state index >= 15 is 0 Å². The molecule has 1 aromatic rings. The van der Waals surface area contributed by atoms with Crippen molar-refractivity contribution in [3.05, 3.63) is 58.3 Å². The number of aliphatic hydroxyl groups is 1. The summed E-state index contributed by atoms with van der Waals surface area (Å²) in [5.74, 6) is 9.29. The minimum Gasteiger partial charge on any atom is -0.474 e. The van der Waals surface area contributed by atoms with Gasteiger partial charge in [-0.1, -0.05) is 89.9 Å². The zero-order valence-corrected chi connectivity index (χ0v) is 28.6. The third-order valence-corrected chi connectivity index (χ3v) is 15.0. The molecule has 0 saturated heterocycles. The molecule has 0 radical (unpaired) electrons. The van der Waals surface area contributed by atoms with Crippen molar-refractivity contribution in [3.8, 4) is 0 Å². The second kappa shape index (κ2) is 10.6. The summed E-state index contributed by atoms with van der Waals surface area (Å²) < 4.78 is 6.73. The number of rotatable bonds is 6. The summed E-state index contributed by atoms with van der Waals surface area (Å²) in [6.07, 6.45) is 11.0. The number of fused-ring (bicyclic) bond motifs is 7. The SMILES string of the molecule is C=C(O[C@H](NN)c1ccc(Cl)cc1)C12CCC(C(C)C)=C1C1CC[C@@H]3C4(C)CC[C@H](O)C(C)(C)[C@@H]4CCC3(C)[C@]1(C)CC2. The quantitative estimate of drug-likeness (QED) is 0.0989. The van der Waals surface area contributed by atoms with E-state index in [1.807, 2.05) is 24.3 Å². The van der Waals surface area contributed by atoms with Gasteiger partial charge in [-0.3, -0.25) is 5.84 Å². The first kappa shape index (κ1) is 31.6. The number of hydrogen-bond donors (Lipinski definition) is 3. The Morgan fingerprint density at radius 1 is 0.930 bits per heavy atom. The Kier molecular flexibility index (Phi) is 7.81. The molecular weight excluding hydrogens is 552 g/mol. The molecule has 1 aromatic carbocycles. The van der Waals surface area contributed by atoms with Crippen molar-refractivity contribution in [1.82, 2.24) is 5.43 Å². The van der Waals surface area contributed by atoms with E-state index < -0.39 is 6.23 Å². The third-order valence-electron chi connectivity index (χ3n) is 14.8. The van der Waals surface area contributed by atoms with Crippen molar-refractivity contribution >= 4 is 11.6 Å². The smallest absolute Gasteiger partial charge is 0.188 e. The first-order valence-corrected chi connectivity index (χ1v) is 17.5. The van der Waals surface area contributed by atoms with E-state index in [9.17, 15) is 5.11 Å². The van der Waals surface area contributed by atoms with Crippen molar-refractivity contribution in [2.24, 2.45) is 56.6 Å². The van der Waals surface area contributed by atoms with Gasteiger partial charge in [0.05, 0.1) is 6.10 Å². The molecule has 4 nitrogen and oxygen atoms in total. The van der Waals surface area contributed by atoms with Gasteiger partial charge >= 0.3 is 0 Å². The van der Waals surface area contributed by atoms with Gasteiger partial charge in [0.2, 0.25) is 0 Å². The molecule has 0 heterocycles. The molecule has 0 aliphatic heterocycles. The Balaban J connectivity index is 1.36. The highest BCUT2D eigenvalue weighted by Gasteiger charge is 2.69. The molecule has 238 valence electrons. The monoisotopic (exact) mass is 608 g/mol. The number of allylic oxidation sites excluding steroid dienone is 2. The molecule has 0 bridgehead atoms. The predicted octanol–water partition coefficient (Wildman–Crippen LogP) is 9.49. The molecule has 0 spiro atoms. The molecule has 43 heavy (non-hydrogen) atoms. The number of halogens is 1.